The summed E-state index contributed by atoms with van der Waals surface area (Å²) in [4.78, 5) is 16.5. The van der Waals surface area contributed by atoms with Crippen LogP contribution in [0.25, 0.3) is 10.6 Å². The molecule has 1 amide bonds. The van der Waals surface area contributed by atoms with E-state index in [0.717, 1.165) is 33.3 Å². The van der Waals surface area contributed by atoms with Crippen molar-refractivity contribution in [1.29, 1.82) is 0 Å². The topological polar surface area (TPSA) is 42.0 Å². The molecule has 0 aliphatic carbocycles. The lowest BCUT2D eigenvalue weighted by Gasteiger charge is -2.04. The molecule has 1 aromatic heterocycles. The molecule has 0 unspecified atom stereocenters. The number of nitrogens with zero attached hydrogens (tertiary/aromatic N) is 1. The number of amides is 1. The van der Waals surface area contributed by atoms with Crippen molar-refractivity contribution in [3.63, 3.8) is 0 Å². The molecule has 24 heavy (non-hydrogen) atoms. The van der Waals surface area contributed by atoms with E-state index in [1.165, 1.54) is 0 Å². The van der Waals surface area contributed by atoms with E-state index in [9.17, 15) is 4.79 Å². The molecule has 0 radical (unpaired) electrons. The maximum atomic E-state index is 11.9. The zero-order valence-corrected chi connectivity index (χ0v) is 14.6. The average Bonchev–Trinajstić information content (AvgIpc) is 3.05. The second-order valence-corrected chi connectivity index (χ2v) is 6.71. The van der Waals surface area contributed by atoms with Gasteiger partial charge in [-0.15, -0.1) is 11.3 Å². The van der Waals surface area contributed by atoms with Gasteiger partial charge in [0.25, 0.3) is 0 Å². The van der Waals surface area contributed by atoms with E-state index in [1.54, 1.807) is 11.3 Å². The van der Waals surface area contributed by atoms with Crippen LogP contribution < -0.4 is 5.32 Å². The van der Waals surface area contributed by atoms with Crippen LogP contribution in [0.3, 0.4) is 0 Å². The van der Waals surface area contributed by atoms with Crippen LogP contribution in [0.5, 0.6) is 0 Å². The molecule has 5 heteroatoms. The Kier molecular flexibility index (Phi) is 5.62. The molecule has 122 valence electrons. The van der Waals surface area contributed by atoms with Crippen molar-refractivity contribution in [2.75, 3.05) is 6.54 Å². The molecule has 0 bridgehead atoms. The van der Waals surface area contributed by atoms with Crippen molar-refractivity contribution in [2.45, 2.75) is 12.8 Å². The highest BCUT2D eigenvalue weighted by Gasteiger charge is 2.06. The van der Waals surface area contributed by atoms with Crippen LogP contribution >= 0.6 is 22.9 Å². The molecule has 0 aliphatic heterocycles. The number of benzene rings is 2. The number of nitrogens with one attached hydrogen (secondary N) is 1. The number of halogens is 1. The van der Waals surface area contributed by atoms with Gasteiger partial charge in [0.05, 0.1) is 12.1 Å². The average molecular weight is 357 g/mol. The number of aromatic nitrogens is 1. The lowest BCUT2D eigenvalue weighted by Crippen LogP contribution is -2.27. The molecule has 2 aromatic carbocycles. The van der Waals surface area contributed by atoms with Gasteiger partial charge in [-0.05, 0) is 17.7 Å². The van der Waals surface area contributed by atoms with Crippen LogP contribution in [0.1, 0.15) is 11.3 Å². The number of carbonyl (C=O) groups is 1. The molecule has 1 N–H and O–H groups in total. The molecule has 0 saturated carbocycles. The quantitative estimate of drug-likeness (QED) is 0.712. The van der Waals surface area contributed by atoms with Crippen molar-refractivity contribution in [3.8, 4) is 10.6 Å². The Bertz CT molecular complexity index is 800. The third kappa shape index (κ3) is 4.66. The minimum Gasteiger partial charge on any atom is -0.355 e. The van der Waals surface area contributed by atoms with E-state index >= 15 is 0 Å². The van der Waals surface area contributed by atoms with E-state index in [1.807, 2.05) is 60.0 Å². The minimum absolute atomic E-state index is 0.0364. The fourth-order valence-corrected chi connectivity index (χ4v) is 3.31. The molecular weight excluding hydrogens is 340 g/mol. The molecule has 0 fully saturated rings. The summed E-state index contributed by atoms with van der Waals surface area (Å²) in [6, 6.07) is 17.4. The summed E-state index contributed by atoms with van der Waals surface area (Å²) >= 11 is 7.51. The molecule has 0 aliphatic rings. The first kappa shape index (κ1) is 16.7. The van der Waals surface area contributed by atoms with Gasteiger partial charge in [-0.25, -0.2) is 4.98 Å². The van der Waals surface area contributed by atoms with E-state index < -0.39 is 0 Å². The Morgan fingerprint density at radius 1 is 1.08 bits per heavy atom. The van der Waals surface area contributed by atoms with Crippen molar-refractivity contribution in [1.82, 2.24) is 10.3 Å². The van der Waals surface area contributed by atoms with E-state index in [-0.39, 0.29) is 5.91 Å². The van der Waals surface area contributed by atoms with Crippen LogP contribution in [-0.2, 0) is 17.6 Å². The minimum atomic E-state index is 0.0364. The maximum absolute atomic E-state index is 11.9. The first-order chi connectivity index (χ1) is 11.7. The van der Waals surface area contributed by atoms with Crippen LogP contribution in [0.2, 0.25) is 5.02 Å². The first-order valence-electron chi connectivity index (χ1n) is 7.72. The second-order valence-electron chi connectivity index (χ2n) is 5.41. The van der Waals surface area contributed by atoms with Gasteiger partial charge in [0.15, 0.2) is 0 Å². The van der Waals surface area contributed by atoms with E-state index in [4.69, 9.17) is 11.6 Å². The molecule has 3 rings (SSSR count). The van der Waals surface area contributed by atoms with Gasteiger partial charge in [0, 0.05) is 28.9 Å². The summed E-state index contributed by atoms with van der Waals surface area (Å²) in [5, 5.41) is 6.67. The zero-order valence-electron chi connectivity index (χ0n) is 13.0. The number of rotatable bonds is 6. The zero-order chi connectivity index (χ0) is 16.8. The highest BCUT2D eigenvalue weighted by molar-refractivity contribution is 7.13. The van der Waals surface area contributed by atoms with Gasteiger partial charge >= 0.3 is 0 Å². The Morgan fingerprint density at radius 2 is 1.83 bits per heavy atom. The van der Waals surface area contributed by atoms with E-state index in [2.05, 4.69) is 10.3 Å². The molecule has 1 heterocycles. The van der Waals surface area contributed by atoms with Gasteiger partial charge in [-0.1, -0.05) is 54.1 Å². The summed E-state index contributed by atoms with van der Waals surface area (Å²) in [6.45, 7) is 0.593. The third-order valence-electron chi connectivity index (χ3n) is 3.55. The first-order valence-corrected chi connectivity index (χ1v) is 8.97. The van der Waals surface area contributed by atoms with E-state index in [0.29, 0.717) is 13.0 Å². The Hall–Kier alpha value is -2.17. The summed E-state index contributed by atoms with van der Waals surface area (Å²) in [5.74, 6) is 0.0364. The van der Waals surface area contributed by atoms with Gasteiger partial charge in [0.1, 0.15) is 5.01 Å². The normalized spacial score (nSPS) is 10.5. The van der Waals surface area contributed by atoms with Crippen LogP contribution in [-0.4, -0.2) is 17.4 Å². The molecule has 3 nitrogen and oxygen atoms in total. The standard InChI is InChI=1S/C19H17ClN2OS/c20-16-8-6-15(7-9-16)19-22-17(13-24-19)10-11-21-18(23)12-14-4-2-1-3-5-14/h1-9,13H,10-12H2,(H,21,23). The predicted molar refractivity (Wildman–Crippen MR) is 99.4 cm³/mol. The molecule has 0 atom stereocenters. The number of thiazole rings is 1. The number of carbonyl (C=O) groups excluding carboxylic acids is 1. The lowest BCUT2D eigenvalue weighted by molar-refractivity contribution is -0.120. The highest BCUT2D eigenvalue weighted by Crippen LogP contribution is 2.25. The summed E-state index contributed by atoms with van der Waals surface area (Å²) in [6.07, 6.45) is 1.14. The Labute approximate surface area is 150 Å². The Morgan fingerprint density at radius 3 is 2.58 bits per heavy atom. The van der Waals surface area contributed by atoms with Gasteiger partial charge in [-0.3, -0.25) is 4.79 Å². The fraction of sp³-hybridized carbons (Fsp3) is 0.158. The number of hydrogen-bond acceptors (Lipinski definition) is 3. The van der Waals surface area contributed by atoms with Crippen molar-refractivity contribution >= 4 is 28.8 Å². The third-order valence-corrected chi connectivity index (χ3v) is 4.75. The molecule has 0 spiro atoms. The lowest BCUT2D eigenvalue weighted by atomic mass is 10.1. The highest BCUT2D eigenvalue weighted by atomic mass is 35.5. The Balaban J connectivity index is 1.49. The second kappa shape index (κ2) is 8.08. The molecule has 0 saturated heterocycles. The smallest absolute Gasteiger partial charge is 0.224 e. The van der Waals surface area contributed by atoms with Crippen LogP contribution in [0.15, 0.2) is 60.0 Å². The van der Waals surface area contributed by atoms with Crippen molar-refractivity contribution in [3.05, 3.63) is 76.3 Å². The van der Waals surface area contributed by atoms with Crippen molar-refractivity contribution < 1.29 is 4.79 Å². The van der Waals surface area contributed by atoms with Crippen LogP contribution in [0, 0.1) is 0 Å². The maximum Gasteiger partial charge on any atom is 0.224 e. The number of hydrogen-bond donors (Lipinski definition) is 1. The SMILES string of the molecule is O=C(Cc1ccccc1)NCCc1csc(-c2ccc(Cl)cc2)n1. The summed E-state index contributed by atoms with van der Waals surface area (Å²) in [5.41, 5.74) is 3.07. The van der Waals surface area contributed by atoms with Crippen molar-refractivity contribution in [2.24, 2.45) is 0 Å². The molecular formula is C19H17ClN2OS. The van der Waals surface area contributed by atoms with Gasteiger partial charge in [0.2, 0.25) is 5.91 Å². The molecule has 3 aromatic rings. The van der Waals surface area contributed by atoms with Crippen LogP contribution in [0.4, 0.5) is 0 Å². The largest absolute Gasteiger partial charge is 0.355 e. The summed E-state index contributed by atoms with van der Waals surface area (Å²) in [7, 11) is 0. The predicted octanol–water partition coefficient (Wildman–Crippen LogP) is 4.36. The van der Waals surface area contributed by atoms with Gasteiger partial charge < -0.3 is 5.32 Å². The summed E-state index contributed by atoms with van der Waals surface area (Å²) < 4.78 is 0. The van der Waals surface area contributed by atoms with Gasteiger partial charge in [-0.2, -0.15) is 0 Å². The fourth-order valence-electron chi connectivity index (χ4n) is 2.32. The monoisotopic (exact) mass is 356 g/mol.